The highest BCUT2D eigenvalue weighted by atomic mass is 16.6. The number of esters is 1. The monoisotopic (exact) mass is 770 g/mol. The van der Waals surface area contributed by atoms with Crippen molar-refractivity contribution in [3.63, 3.8) is 0 Å². The number of carbonyl (C=O) groups is 4. The number of aliphatic carboxylic acids is 1. The Morgan fingerprint density at radius 1 is 0.860 bits per heavy atom. The average Bonchev–Trinajstić information content (AvgIpc) is 3.46. The molecule has 0 radical (unpaired) electrons. The standard InChI is InChI=1S/C39H30N8O10/c40-38-46-33-32(35(52)47-38)44-21(17-42-33)16-41-19-3-1-18(2-4-19)34(51)45-28(36(53)54)11-12-31(50)43-20-5-8-25-24(13-20)37(55)57-39(25)26-9-6-22(48)14-29(26)56-30-15-23(49)7-10-27(30)39/h1-10,13-15,17,28,41,48-49H,11-12,16H2,(H,43,50)(H,45,51)(H,53,54)(H3,40,42,46,47,52). The van der Waals surface area contributed by atoms with E-state index >= 15 is 0 Å². The number of carboxylic acid groups (broad SMARTS) is 1. The number of nitrogen functional groups attached to an aromatic ring is 1. The van der Waals surface area contributed by atoms with Crippen LogP contribution in [0.3, 0.4) is 0 Å². The number of hydrogen-bond donors (Lipinski definition) is 8. The van der Waals surface area contributed by atoms with Crippen molar-refractivity contribution in [2.45, 2.75) is 31.0 Å². The SMILES string of the molecule is Nc1nc2ncc(CNc3ccc(C(=O)NC(CCC(=O)Nc4ccc5c(c4)C(=O)OC54c5ccc(O)cc5Oc5cc(O)ccc54)C(=O)O)cc3)nc2c(=O)[nH]1. The van der Waals surface area contributed by atoms with Crippen molar-refractivity contribution >= 4 is 52.2 Å². The highest BCUT2D eigenvalue weighted by Crippen LogP contribution is 2.57. The van der Waals surface area contributed by atoms with Crippen molar-refractivity contribution in [3.8, 4) is 23.0 Å². The lowest BCUT2D eigenvalue weighted by molar-refractivity contribution is -0.139. The van der Waals surface area contributed by atoms with Crippen LogP contribution in [0.4, 0.5) is 17.3 Å². The zero-order chi connectivity index (χ0) is 40.0. The molecule has 18 heteroatoms. The molecule has 0 bridgehead atoms. The smallest absolute Gasteiger partial charge is 0.340 e. The van der Waals surface area contributed by atoms with Crippen molar-refractivity contribution in [2.75, 3.05) is 16.4 Å². The Bertz CT molecular complexity index is 2670. The third-order valence-corrected chi connectivity index (χ3v) is 9.43. The summed E-state index contributed by atoms with van der Waals surface area (Å²) in [7, 11) is 0. The molecule has 4 heterocycles. The number of benzene rings is 4. The summed E-state index contributed by atoms with van der Waals surface area (Å²) in [5.74, 6) is -3.08. The predicted octanol–water partition coefficient (Wildman–Crippen LogP) is 3.49. The van der Waals surface area contributed by atoms with E-state index in [0.717, 1.165) is 0 Å². The maximum absolute atomic E-state index is 13.4. The molecule has 6 aromatic rings. The quantitative estimate of drug-likeness (QED) is 0.0926. The zero-order valence-electron chi connectivity index (χ0n) is 29.4. The van der Waals surface area contributed by atoms with Gasteiger partial charge in [-0.2, -0.15) is 4.98 Å². The van der Waals surface area contributed by atoms with Gasteiger partial charge in [0, 0.05) is 52.2 Å². The van der Waals surface area contributed by atoms with Gasteiger partial charge < -0.3 is 46.5 Å². The lowest BCUT2D eigenvalue weighted by Crippen LogP contribution is -2.41. The van der Waals surface area contributed by atoms with Gasteiger partial charge in [-0.15, -0.1) is 0 Å². The summed E-state index contributed by atoms with van der Waals surface area (Å²) >= 11 is 0. The number of carbonyl (C=O) groups excluding carboxylic acids is 3. The molecule has 1 unspecified atom stereocenters. The minimum atomic E-state index is -1.48. The van der Waals surface area contributed by atoms with Crippen molar-refractivity contribution in [2.24, 2.45) is 0 Å². The third-order valence-electron chi connectivity index (χ3n) is 9.43. The number of aromatic nitrogens is 4. The number of hydrogen-bond acceptors (Lipinski definition) is 14. The Balaban J connectivity index is 0.902. The van der Waals surface area contributed by atoms with Crippen molar-refractivity contribution in [3.05, 3.63) is 129 Å². The Labute approximate surface area is 320 Å². The van der Waals surface area contributed by atoms with Crippen LogP contribution in [0.1, 0.15) is 55.9 Å². The van der Waals surface area contributed by atoms with Crippen LogP contribution in [-0.4, -0.2) is 65.1 Å². The second-order valence-corrected chi connectivity index (χ2v) is 13.2. The molecule has 1 spiro atoms. The molecule has 2 aliphatic heterocycles. The molecule has 4 aromatic carbocycles. The summed E-state index contributed by atoms with van der Waals surface area (Å²) in [5.41, 5.74) is 6.59. The molecular formula is C39H30N8O10. The van der Waals surface area contributed by atoms with Gasteiger partial charge in [0.05, 0.1) is 24.0 Å². The van der Waals surface area contributed by atoms with Gasteiger partial charge in [0.1, 0.15) is 29.0 Å². The van der Waals surface area contributed by atoms with Gasteiger partial charge in [0.15, 0.2) is 16.8 Å². The summed E-state index contributed by atoms with van der Waals surface area (Å²) < 4.78 is 12.0. The zero-order valence-corrected chi connectivity index (χ0v) is 29.4. The first-order valence-corrected chi connectivity index (χ1v) is 17.3. The molecule has 0 aliphatic carbocycles. The minimum Gasteiger partial charge on any atom is -0.508 e. The number of nitrogens with two attached hydrogens (primary N) is 1. The van der Waals surface area contributed by atoms with E-state index in [0.29, 0.717) is 28.1 Å². The molecule has 2 aromatic heterocycles. The normalized spacial score (nSPS) is 13.7. The number of nitrogens with one attached hydrogen (secondary N) is 4. The van der Waals surface area contributed by atoms with E-state index in [1.54, 1.807) is 36.4 Å². The van der Waals surface area contributed by atoms with Crippen LogP contribution < -0.4 is 32.0 Å². The summed E-state index contributed by atoms with van der Waals surface area (Å²) in [6, 6.07) is 18.2. The van der Waals surface area contributed by atoms with E-state index < -0.39 is 41.0 Å². The Kier molecular flexibility index (Phi) is 8.84. The molecule has 0 fully saturated rings. The summed E-state index contributed by atoms with van der Waals surface area (Å²) in [5, 5.41) is 38.3. The van der Waals surface area contributed by atoms with Crippen LogP contribution in [0.2, 0.25) is 0 Å². The molecule has 9 N–H and O–H groups in total. The van der Waals surface area contributed by atoms with Gasteiger partial charge in [-0.3, -0.25) is 19.4 Å². The fourth-order valence-corrected chi connectivity index (χ4v) is 6.77. The van der Waals surface area contributed by atoms with E-state index in [1.165, 1.54) is 48.7 Å². The highest BCUT2D eigenvalue weighted by Gasteiger charge is 2.53. The average molecular weight is 771 g/mol. The number of anilines is 3. The lowest BCUT2D eigenvalue weighted by Gasteiger charge is -2.36. The number of phenolic OH excluding ortho intramolecular Hbond substituents is 2. The fraction of sp³-hybridized carbons (Fsp3) is 0.128. The number of nitrogens with zero attached hydrogens (tertiary/aromatic N) is 3. The van der Waals surface area contributed by atoms with E-state index in [1.807, 2.05) is 0 Å². The highest BCUT2D eigenvalue weighted by molar-refractivity contribution is 6.00. The van der Waals surface area contributed by atoms with E-state index in [9.17, 15) is 39.3 Å². The van der Waals surface area contributed by atoms with Gasteiger partial charge >= 0.3 is 11.9 Å². The second-order valence-electron chi connectivity index (χ2n) is 13.2. The molecule has 8 rings (SSSR count). The number of fused-ring (bicyclic) bond motifs is 7. The van der Waals surface area contributed by atoms with Crippen molar-refractivity contribution < 1.29 is 44.0 Å². The van der Waals surface area contributed by atoms with Crippen LogP contribution in [0, 0.1) is 0 Å². The number of phenols is 2. The molecule has 0 saturated carbocycles. The molecule has 2 amide bonds. The molecule has 286 valence electrons. The number of carboxylic acids is 1. The van der Waals surface area contributed by atoms with Crippen LogP contribution >= 0.6 is 0 Å². The van der Waals surface area contributed by atoms with E-state index in [-0.39, 0.29) is 76.3 Å². The van der Waals surface area contributed by atoms with Crippen LogP contribution in [0.15, 0.2) is 89.9 Å². The van der Waals surface area contributed by atoms with Crippen LogP contribution in [0.25, 0.3) is 11.2 Å². The number of H-pyrrole nitrogens is 1. The van der Waals surface area contributed by atoms with Crippen molar-refractivity contribution in [1.29, 1.82) is 0 Å². The van der Waals surface area contributed by atoms with Gasteiger partial charge in [-0.05, 0) is 67.1 Å². The Morgan fingerprint density at radius 3 is 2.21 bits per heavy atom. The number of aromatic amines is 1. The first-order valence-electron chi connectivity index (χ1n) is 17.3. The third kappa shape index (κ3) is 6.71. The van der Waals surface area contributed by atoms with Gasteiger partial charge in [0.25, 0.3) is 11.5 Å². The molecular weight excluding hydrogens is 740 g/mol. The largest absolute Gasteiger partial charge is 0.508 e. The topological polar surface area (TPSA) is 281 Å². The van der Waals surface area contributed by atoms with Gasteiger partial charge in [0.2, 0.25) is 11.9 Å². The number of ether oxygens (including phenoxy) is 2. The molecule has 0 saturated heterocycles. The maximum Gasteiger partial charge on any atom is 0.340 e. The van der Waals surface area contributed by atoms with Gasteiger partial charge in [-0.1, -0.05) is 6.07 Å². The first kappa shape index (κ1) is 36.0. The second kappa shape index (κ2) is 14.0. The molecule has 18 nitrogen and oxygen atoms in total. The molecule has 2 aliphatic rings. The van der Waals surface area contributed by atoms with Gasteiger partial charge in [-0.25, -0.2) is 19.6 Å². The first-order chi connectivity index (χ1) is 27.4. The predicted molar refractivity (Wildman–Crippen MR) is 201 cm³/mol. The summed E-state index contributed by atoms with van der Waals surface area (Å²) in [6.07, 6.45) is 0.914. The van der Waals surface area contributed by atoms with Crippen molar-refractivity contribution in [1.82, 2.24) is 25.3 Å². The number of aromatic hydroxyl groups is 2. The summed E-state index contributed by atoms with van der Waals surface area (Å²) in [4.78, 5) is 78.3. The lowest BCUT2D eigenvalue weighted by atomic mass is 9.77. The van der Waals surface area contributed by atoms with Crippen LogP contribution in [-0.2, 0) is 26.5 Å². The van der Waals surface area contributed by atoms with E-state index in [2.05, 4.69) is 35.9 Å². The minimum absolute atomic E-state index is 0.0327. The van der Waals surface area contributed by atoms with E-state index in [4.69, 9.17) is 15.2 Å². The molecule has 1 atom stereocenters. The Morgan fingerprint density at radius 2 is 1.53 bits per heavy atom. The summed E-state index contributed by atoms with van der Waals surface area (Å²) in [6.45, 7) is 0.189. The Hall–Kier alpha value is -8.02. The number of amides is 2. The van der Waals surface area contributed by atoms with Crippen LogP contribution in [0.5, 0.6) is 23.0 Å². The fourth-order valence-electron chi connectivity index (χ4n) is 6.77. The molecule has 57 heavy (non-hydrogen) atoms. The number of rotatable bonds is 10. The maximum atomic E-state index is 13.4.